The zero-order valence-electron chi connectivity index (χ0n) is 10.0. The van der Waals surface area contributed by atoms with E-state index in [1.807, 2.05) is 24.3 Å². The molecule has 1 amide bonds. The predicted octanol–water partition coefficient (Wildman–Crippen LogP) is 3.10. The van der Waals surface area contributed by atoms with E-state index in [1.165, 1.54) is 0 Å². The van der Waals surface area contributed by atoms with Crippen LogP contribution >= 0.6 is 11.6 Å². The molecule has 2 aromatic rings. The summed E-state index contributed by atoms with van der Waals surface area (Å²) in [6, 6.07) is 11.0. The molecule has 1 heterocycles. The smallest absolute Gasteiger partial charge is 0.258 e. The van der Waals surface area contributed by atoms with E-state index >= 15 is 0 Å². The highest BCUT2D eigenvalue weighted by Gasteiger charge is 2.13. The Morgan fingerprint density at radius 1 is 1.33 bits per heavy atom. The van der Waals surface area contributed by atoms with Gasteiger partial charge in [-0.05, 0) is 29.8 Å². The van der Waals surface area contributed by atoms with E-state index in [0.717, 1.165) is 11.3 Å². The minimum atomic E-state index is -0.0741. The summed E-state index contributed by atoms with van der Waals surface area (Å²) in [5.41, 5.74) is 2.32. The largest absolute Gasteiger partial charge is 0.310 e. The van der Waals surface area contributed by atoms with Crippen LogP contribution in [-0.2, 0) is 5.88 Å². The van der Waals surface area contributed by atoms with Crippen molar-refractivity contribution in [3.63, 3.8) is 0 Å². The lowest BCUT2D eigenvalue weighted by Gasteiger charge is -2.17. The number of rotatable bonds is 3. The number of pyridine rings is 1. The Morgan fingerprint density at radius 2 is 2.17 bits per heavy atom. The van der Waals surface area contributed by atoms with Crippen LogP contribution in [0, 0.1) is 0 Å². The monoisotopic (exact) mass is 260 g/mol. The maximum atomic E-state index is 12.3. The van der Waals surface area contributed by atoms with Gasteiger partial charge >= 0.3 is 0 Å². The van der Waals surface area contributed by atoms with Gasteiger partial charge in [-0.3, -0.25) is 9.78 Å². The summed E-state index contributed by atoms with van der Waals surface area (Å²) in [6.45, 7) is 0. The molecule has 0 spiro atoms. The third-order valence-electron chi connectivity index (χ3n) is 2.67. The summed E-state index contributed by atoms with van der Waals surface area (Å²) < 4.78 is 0. The van der Waals surface area contributed by atoms with Crippen molar-refractivity contribution in [2.24, 2.45) is 0 Å². The molecule has 2 rings (SSSR count). The van der Waals surface area contributed by atoms with Crippen molar-refractivity contribution in [2.75, 3.05) is 11.9 Å². The molecule has 0 radical (unpaired) electrons. The molecule has 0 bridgehead atoms. The van der Waals surface area contributed by atoms with Gasteiger partial charge in [0.05, 0.1) is 11.9 Å². The van der Waals surface area contributed by atoms with Gasteiger partial charge in [-0.1, -0.05) is 12.1 Å². The van der Waals surface area contributed by atoms with E-state index in [4.69, 9.17) is 11.6 Å². The summed E-state index contributed by atoms with van der Waals surface area (Å²) in [6.07, 6.45) is 3.33. The van der Waals surface area contributed by atoms with Crippen molar-refractivity contribution in [1.29, 1.82) is 0 Å². The van der Waals surface area contributed by atoms with E-state index in [-0.39, 0.29) is 5.91 Å². The summed E-state index contributed by atoms with van der Waals surface area (Å²) in [4.78, 5) is 17.8. The van der Waals surface area contributed by atoms with E-state index in [1.54, 1.807) is 36.5 Å². The average molecular weight is 261 g/mol. The lowest BCUT2D eigenvalue weighted by Crippen LogP contribution is -2.26. The van der Waals surface area contributed by atoms with Gasteiger partial charge in [0, 0.05) is 24.7 Å². The number of hydrogen-bond donors (Lipinski definition) is 0. The van der Waals surface area contributed by atoms with Gasteiger partial charge in [0.2, 0.25) is 0 Å². The van der Waals surface area contributed by atoms with Gasteiger partial charge in [-0.25, -0.2) is 0 Å². The van der Waals surface area contributed by atoms with E-state index in [9.17, 15) is 4.79 Å². The second-order valence-electron chi connectivity index (χ2n) is 3.91. The Bertz CT molecular complexity index is 543. The number of anilines is 1. The topological polar surface area (TPSA) is 33.2 Å². The fraction of sp³-hybridized carbons (Fsp3) is 0.143. The molecule has 0 fully saturated rings. The first kappa shape index (κ1) is 12.6. The van der Waals surface area contributed by atoms with Crippen molar-refractivity contribution in [3.05, 3.63) is 59.9 Å². The van der Waals surface area contributed by atoms with Gasteiger partial charge in [-0.15, -0.1) is 11.6 Å². The number of benzene rings is 1. The van der Waals surface area contributed by atoms with Gasteiger partial charge < -0.3 is 4.90 Å². The molecule has 0 atom stereocenters. The Hall–Kier alpha value is -1.87. The number of hydrogen-bond acceptors (Lipinski definition) is 2. The van der Waals surface area contributed by atoms with Crippen LogP contribution in [0.5, 0.6) is 0 Å². The van der Waals surface area contributed by atoms with E-state index in [2.05, 4.69) is 4.98 Å². The fourth-order valence-electron chi connectivity index (χ4n) is 1.65. The third kappa shape index (κ3) is 2.68. The Morgan fingerprint density at radius 3 is 2.83 bits per heavy atom. The van der Waals surface area contributed by atoms with Gasteiger partial charge in [0.25, 0.3) is 5.91 Å². The average Bonchev–Trinajstić information content (AvgIpc) is 2.46. The zero-order valence-corrected chi connectivity index (χ0v) is 10.8. The van der Waals surface area contributed by atoms with E-state index < -0.39 is 0 Å². The van der Waals surface area contributed by atoms with Crippen molar-refractivity contribution >= 4 is 23.2 Å². The quantitative estimate of drug-likeness (QED) is 0.795. The zero-order chi connectivity index (χ0) is 13.0. The molecule has 0 saturated heterocycles. The second kappa shape index (κ2) is 5.65. The van der Waals surface area contributed by atoms with Crippen LogP contribution in [0.2, 0.25) is 0 Å². The van der Waals surface area contributed by atoms with E-state index in [0.29, 0.717) is 11.4 Å². The lowest BCUT2D eigenvalue weighted by molar-refractivity contribution is 0.0993. The maximum Gasteiger partial charge on any atom is 0.258 e. The molecule has 1 aromatic carbocycles. The van der Waals surface area contributed by atoms with Crippen LogP contribution < -0.4 is 4.90 Å². The number of amides is 1. The molecule has 0 unspecified atom stereocenters. The standard InChI is InChI=1S/C14H13ClN2O/c1-17(13-6-3-7-16-10-13)14(18)12-5-2-4-11(8-12)9-15/h2-8,10H,9H2,1H3. The number of halogens is 1. The second-order valence-corrected chi connectivity index (χ2v) is 4.18. The molecular weight excluding hydrogens is 248 g/mol. The van der Waals surface area contributed by atoms with Crippen LogP contribution in [0.3, 0.4) is 0 Å². The number of nitrogens with zero attached hydrogens (tertiary/aromatic N) is 2. The molecule has 0 aliphatic rings. The number of carbonyl (C=O) groups excluding carboxylic acids is 1. The molecule has 92 valence electrons. The first-order chi connectivity index (χ1) is 8.72. The van der Waals surface area contributed by atoms with Crippen molar-refractivity contribution in [1.82, 2.24) is 4.98 Å². The minimum absolute atomic E-state index is 0.0741. The Kier molecular flexibility index (Phi) is 3.95. The highest BCUT2D eigenvalue weighted by Crippen LogP contribution is 2.15. The SMILES string of the molecule is CN(C(=O)c1cccc(CCl)c1)c1cccnc1. The molecule has 4 heteroatoms. The summed E-state index contributed by atoms with van der Waals surface area (Å²) in [5, 5.41) is 0. The number of alkyl halides is 1. The molecular formula is C14H13ClN2O. The Labute approximate surface area is 111 Å². The normalized spacial score (nSPS) is 10.1. The summed E-state index contributed by atoms with van der Waals surface area (Å²) in [7, 11) is 1.73. The molecule has 0 aliphatic carbocycles. The molecule has 0 N–H and O–H groups in total. The predicted molar refractivity (Wildman–Crippen MR) is 73.0 cm³/mol. The van der Waals surface area contributed by atoms with Gasteiger partial charge in [-0.2, -0.15) is 0 Å². The molecule has 3 nitrogen and oxygen atoms in total. The van der Waals surface area contributed by atoms with Crippen LogP contribution in [-0.4, -0.2) is 17.9 Å². The summed E-state index contributed by atoms with van der Waals surface area (Å²) >= 11 is 5.77. The first-order valence-corrected chi connectivity index (χ1v) is 6.09. The van der Waals surface area contributed by atoms with Crippen molar-refractivity contribution < 1.29 is 4.79 Å². The van der Waals surface area contributed by atoms with Crippen LogP contribution in [0.1, 0.15) is 15.9 Å². The van der Waals surface area contributed by atoms with Crippen LogP contribution in [0.15, 0.2) is 48.8 Å². The van der Waals surface area contributed by atoms with Gasteiger partial charge in [0.15, 0.2) is 0 Å². The number of aromatic nitrogens is 1. The van der Waals surface area contributed by atoms with Crippen LogP contribution in [0.4, 0.5) is 5.69 Å². The highest BCUT2D eigenvalue weighted by molar-refractivity contribution is 6.17. The summed E-state index contributed by atoms with van der Waals surface area (Å²) in [5.74, 6) is 0.326. The number of carbonyl (C=O) groups is 1. The highest BCUT2D eigenvalue weighted by atomic mass is 35.5. The molecule has 1 aromatic heterocycles. The van der Waals surface area contributed by atoms with Crippen LogP contribution in [0.25, 0.3) is 0 Å². The third-order valence-corrected chi connectivity index (χ3v) is 2.97. The lowest BCUT2D eigenvalue weighted by atomic mass is 10.1. The Balaban J connectivity index is 2.25. The first-order valence-electron chi connectivity index (χ1n) is 5.55. The minimum Gasteiger partial charge on any atom is -0.310 e. The van der Waals surface area contributed by atoms with Gasteiger partial charge in [0.1, 0.15) is 0 Å². The van der Waals surface area contributed by atoms with Crippen molar-refractivity contribution in [3.8, 4) is 0 Å². The molecule has 18 heavy (non-hydrogen) atoms. The molecule has 0 aliphatic heterocycles. The molecule has 0 saturated carbocycles. The fourth-order valence-corrected chi connectivity index (χ4v) is 1.82. The van der Waals surface area contributed by atoms with Crippen molar-refractivity contribution in [2.45, 2.75) is 5.88 Å². The maximum absolute atomic E-state index is 12.3.